The van der Waals surface area contributed by atoms with Gasteiger partial charge in [0.15, 0.2) is 6.10 Å². The number of carbonyl (C=O) groups is 2. The topological polar surface area (TPSA) is 152 Å². The largest absolute Gasteiger partial charge is 0.756 e. The van der Waals surface area contributed by atoms with Gasteiger partial charge < -0.3 is 38.1 Å². The summed E-state index contributed by atoms with van der Waals surface area (Å²) in [6.07, 6.45) is 30.6. The molecule has 0 saturated heterocycles. The minimum absolute atomic E-state index is 0.0357. The molecule has 12 heteroatoms. The Labute approximate surface area is 335 Å². The number of aliphatic hydroxyl groups is 2. The Hall–Kier alpha value is -1.85. The highest BCUT2D eigenvalue weighted by molar-refractivity contribution is 7.45. The van der Waals surface area contributed by atoms with Crippen LogP contribution in [0.1, 0.15) is 162 Å². The molecule has 55 heavy (non-hydrogen) atoms. The van der Waals surface area contributed by atoms with Crippen molar-refractivity contribution in [2.75, 3.05) is 47.5 Å². The zero-order valence-corrected chi connectivity index (χ0v) is 36.2. The minimum Gasteiger partial charge on any atom is -0.756 e. The van der Waals surface area contributed by atoms with E-state index in [1.165, 1.54) is 70.6 Å². The number of esters is 2. The molecule has 0 aromatic carbocycles. The third-order valence-corrected chi connectivity index (χ3v) is 10.1. The van der Waals surface area contributed by atoms with Crippen LogP contribution in [0.2, 0.25) is 0 Å². The SMILES string of the molecule is CCCCC/C=C\C/C=C\C/C=C\CC(O)C(O)CCCC(=O)OC[C@H](COP(=O)([O-])OCC[N+](C)(C)C)OC(=O)CCCCCCCCCCCCCC. The van der Waals surface area contributed by atoms with Gasteiger partial charge in [-0.05, 0) is 51.4 Å². The van der Waals surface area contributed by atoms with Crippen LogP contribution in [-0.2, 0) is 32.7 Å². The normalized spacial score (nSPS) is 15.1. The predicted octanol–water partition coefficient (Wildman–Crippen LogP) is 9.05. The number of carbonyl (C=O) groups excluding carboxylic acids is 2. The van der Waals surface area contributed by atoms with Crippen LogP contribution in [0.25, 0.3) is 0 Å². The van der Waals surface area contributed by atoms with Crippen molar-refractivity contribution in [3.8, 4) is 0 Å². The van der Waals surface area contributed by atoms with Gasteiger partial charge in [0.25, 0.3) is 7.82 Å². The van der Waals surface area contributed by atoms with E-state index < -0.39 is 44.7 Å². The van der Waals surface area contributed by atoms with E-state index in [2.05, 4.69) is 38.2 Å². The Kier molecular flexibility index (Phi) is 34.1. The number of ether oxygens (including phenoxy) is 2. The molecule has 0 amide bonds. The van der Waals surface area contributed by atoms with E-state index in [-0.39, 0.29) is 38.9 Å². The standard InChI is InChI=1S/C43H80NO10P/c1-6-8-10-12-14-16-18-20-22-24-26-28-31-40(45)41(46)32-30-34-42(47)51-37-39(38-53-55(49,50)52-36-35-44(3,4)5)54-43(48)33-29-27-25-23-21-19-17-15-13-11-9-7-2/h14,16,20,22,26,28,39-41,45-46H,6-13,15,17-19,21,23-25,27,29-38H2,1-5H3/b16-14-,22-20-,28-26-/t39-,40?,41?/m1/s1. The predicted molar refractivity (Wildman–Crippen MR) is 220 cm³/mol. The van der Waals surface area contributed by atoms with Gasteiger partial charge in [-0.1, -0.05) is 134 Å². The van der Waals surface area contributed by atoms with Crippen LogP contribution in [-0.4, -0.2) is 92.5 Å². The summed E-state index contributed by atoms with van der Waals surface area (Å²) in [5.41, 5.74) is 0. The lowest BCUT2D eigenvalue weighted by Crippen LogP contribution is -2.37. The molecule has 0 aliphatic rings. The second kappa shape index (κ2) is 35.3. The van der Waals surface area contributed by atoms with Crippen LogP contribution in [0.3, 0.4) is 0 Å². The number of phosphoric ester groups is 1. The van der Waals surface area contributed by atoms with E-state index in [4.69, 9.17) is 18.5 Å². The van der Waals surface area contributed by atoms with E-state index >= 15 is 0 Å². The van der Waals surface area contributed by atoms with Gasteiger partial charge in [-0.25, -0.2) is 0 Å². The first-order valence-electron chi connectivity index (χ1n) is 21.4. The van der Waals surface area contributed by atoms with E-state index in [1.54, 1.807) is 0 Å². The van der Waals surface area contributed by atoms with Crippen molar-refractivity contribution in [3.63, 3.8) is 0 Å². The van der Waals surface area contributed by atoms with E-state index in [0.29, 0.717) is 23.9 Å². The quantitative estimate of drug-likeness (QED) is 0.0203. The lowest BCUT2D eigenvalue weighted by atomic mass is 10.0. The Morgan fingerprint density at radius 2 is 1.18 bits per heavy atom. The zero-order chi connectivity index (χ0) is 41.0. The van der Waals surface area contributed by atoms with Crippen molar-refractivity contribution in [1.82, 2.24) is 0 Å². The lowest BCUT2D eigenvalue weighted by molar-refractivity contribution is -0.870. The molecule has 0 aliphatic carbocycles. The van der Waals surface area contributed by atoms with Crippen molar-refractivity contribution >= 4 is 19.8 Å². The smallest absolute Gasteiger partial charge is 0.306 e. The van der Waals surface area contributed by atoms with Gasteiger partial charge in [0.1, 0.15) is 19.8 Å². The molecule has 2 N–H and O–H groups in total. The number of phosphoric acid groups is 1. The van der Waals surface area contributed by atoms with Gasteiger partial charge >= 0.3 is 11.9 Å². The summed E-state index contributed by atoms with van der Waals surface area (Å²) in [5, 5.41) is 20.7. The molecule has 0 rings (SSSR count). The first kappa shape index (κ1) is 53.1. The van der Waals surface area contributed by atoms with E-state index in [0.717, 1.165) is 38.5 Å². The highest BCUT2D eigenvalue weighted by atomic mass is 31.2. The molecule has 0 bridgehead atoms. The van der Waals surface area contributed by atoms with Crippen molar-refractivity contribution < 1.29 is 52.3 Å². The number of hydrogen-bond donors (Lipinski definition) is 2. The number of hydrogen-bond acceptors (Lipinski definition) is 10. The molecule has 3 unspecified atom stereocenters. The Balaban J connectivity index is 4.61. The second-order valence-corrected chi connectivity index (χ2v) is 17.1. The second-order valence-electron chi connectivity index (χ2n) is 15.7. The molecule has 0 aromatic rings. The van der Waals surface area contributed by atoms with Crippen LogP contribution in [0, 0.1) is 0 Å². The maximum absolute atomic E-state index is 12.6. The fourth-order valence-corrected chi connectivity index (χ4v) is 6.31. The molecule has 322 valence electrons. The van der Waals surface area contributed by atoms with Crippen molar-refractivity contribution in [2.45, 2.75) is 180 Å². The molecular weight excluding hydrogens is 721 g/mol. The van der Waals surface area contributed by atoms with Crippen LogP contribution < -0.4 is 4.89 Å². The summed E-state index contributed by atoms with van der Waals surface area (Å²) >= 11 is 0. The van der Waals surface area contributed by atoms with E-state index in [9.17, 15) is 29.3 Å². The van der Waals surface area contributed by atoms with Gasteiger partial charge in [0, 0.05) is 12.8 Å². The fraction of sp³-hybridized carbons (Fsp3) is 0.814. The molecule has 0 aliphatic heterocycles. The average Bonchev–Trinajstić information content (AvgIpc) is 3.12. The van der Waals surface area contributed by atoms with Crippen molar-refractivity contribution in [1.29, 1.82) is 0 Å². The number of nitrogens with zero attached hydrogens (tertiary/aromatic N) is 1. The summed E-state index contributed by atoms with van der Waals surface area (Å²) < 4.78 is 33.6. The average molecular weight is 802 g/mol. The first-order chi connectivity index (χ1) is 26.3. The molecular formula is C43H80NO10P. The maximum Gasteiger partial charge on any atom is 0.306 e. The number of likely N-dealkylation sites (N-methyl/N-ethyl adjacent to an activating group) is 1. The zero-order valence-electron chi connectivity index (χ0n) is 35.3. The summed E-state index contributed by atoms with van der Waals surface area (Å²) in [7, 11) is 1.01. The van der Waals surface area contributed by atoms with Crippen LogP contribution in [0.15, 0.2) is 36.5 Å². The third kappa shape index (κ3) is 37.5. The van der Waals surface area contributed by atoms with E-state index in [1.807, 2.05) is 33.3 Å². The molecule has 0 spiro atoms. The van der Waals surface area contributed by atoms with Gasteiger partial charge in [0.2, 0.25) is 0 Å². The highest BCUT2D eigenvalue weighted by Crippen LogP contribution is 2.38. The molecule has 11 nitrogen and oxygen atoms in total. The molecule has 0 radical (unpaired) electrons. The highest BCUT2D eigenvalue weighted by Gasteiger charge is 2.22. The van der Waals surface area contributed by atoms with Crippen molar-refractivity contribution in [2.24, 2.45) is 0 Å². The van der Waals surface area contributed by atoms with Gasteiger partial charge in [0.05, 0.1) is 40.0 Å². The monoisotopic (exact) mass is 802 g/mol. The first-order valence-corrected chi connectivity index (χ1v) is 22.8. The maximum atomic E-state index is 12.6. The number of unbranched alkanes of at least 4 members (excludes halogenated alkanes) is 14. The summed E-state index contributed by atoms with van der Waals surface area (Å²) in [5.74, 6) is -1.12. The molecule has 0 aromatic heterocycles. The van der Waals surface area contributed by atoms with Crippen LogP contribution in [0.4, 0.5) is 0 Å². The Morgan fingerprint density at radius 1 is 0.655 bits per heavy atom. The minimum atomic E-state index is -4.69. The lowest BCUT2D eigenvalue weighted by Gasteiger charge is -2.28. The van der Waals surface area contributed by atoms with Crippen LogP contribution >= 0.6 is 7.82 Å². The fourth-order valence-electron chi connectivity index (χ4n) is 5.58. The summed E-state index contributed by atoms with van der Waals surface area (Å²) in [6, 6.07) is 0. The number of rotatable bonds is 38. The van der Waals surface area contributed by atoms with Crippen molar-refractivity contribution in [3.05, 3.63) is 36.5 Å². The van der Waals surface area contributed by atoms with Gasteiger partial charge in [-0.2, -0.15) is 0 Å². The number of quaternary nitrogens is 1. The number of allylic oxidation sites excluding steroid dienone is 5. The van der Waals surface area contributed by atoms with Gasteiger partial charge in [-0.15, -0.1) is 0 Å². The summed E-state index contributed by atoms with van der Waals surface area (Å²) in [6.45, 7) is 3.85. The Bertz CT molecular complexity index is 1070. The summed E-state index contributed by atoms with van der Waals surface area (Å²) in [4.78, 5) is 37.5. The van der Waals surface area contributed by atoms with Crippen LogP contribution in [0.5, 0.6) is 0 Å². The third-order valence-electron chi connectivity index (χ3n) is 9.11. The molecule has 4 atom stereocenters. The number of aliphatic hydroxyl groups excluding tert-OH is 2. The molecule has 0 saturated carbocycles. The Morgan fingerprint density at radius 3 is 1.78 bits per heavy atom. The molecule has 0 fully saturated rings. The van der Waals surface area contributed by atoms with Gasteiger partial charge in [-0.3, -0.25) is 14.2 Å². The molecule has 0 heterocycles.